The summed E-state index contributed by atoms with van der Waals surface area (Å²) < 4.78 is 31.9. The van der Waals surface area contributed by atoms with Gasteiger partial charge < -0.3 is 10.1 Å². The number of rotatable bonds is 7. The molecule has 0 aliphatic carbocycles. The summed E-state index contributed by atoms with van der Waals surface area (Å²) in [5.74, 6) is -0.238. The molecule has 6 nitrogen and oxygen atoms in total. The molecule has 1 saturated heterocycles. The van der Waals surface area contributed by atoms with Crippen LogP contribution in [0.15, 0.2) is 59.5 Å². The Morgan fingerprint density at radius 3 is 2.34 bits per heavy atom. The van der Waals surface area contributed by atoms with E-state index < -0.39 is 10.0 Å². The van der Waals surface area contributed by atoms with Crippen LogP contribution in [-0.4, -0.2) is 44.9 Å². The summed E-state index contributed by atoms with van der Waals surface area (Å²) >= 11 is 0. The summed E-state index contributed by atoms with van der Waals surface area (Å²) in [6.45, 7) is 3.69. The number of hydrogen-bond acceptors (Lipinski definition) is 4. The van der Waals surface area contributed by atoms with Crippen molar-refractivity contribution < 1.29 is 17.9 Å². The number of benzene rings is 2. The van der Waals surface area contributed by atoms with E-state index in [1.807, 2.05) is 24.3 Å². The maximum Gasteiger partial charge on any atom is 0.248 e. The molecule has 2 aromatic carbocycles. The molecule has 154 valence electrons. The highest BCUT2D eigenvalue weighted by atomic mass is 32.2. The topological polar surface area (TPSA) is 75.7 Å². The normalized spacial score (nSPS) is 15.5. The fourth-order valence-electron chi connectivity index (χ4n) is 3.09. The first-order chi connectivity index (χ1) is 14.0. The number of hydrogen-bond donors (Lipinski definition) is 1. The summed E-state index contributed by atoms with van der Waals surface area (Å²) in [6.07, 6.45) is 5.20. The Morgan fingerprint density at radius 2 is 1.72 bits per heavy atom. The smallest absolute Gasteiger partial charge is 0.248 e. The van der Waals surface area contributed by atoms with E-state index in [9.17, 15) is 13.2 Å². The van der Waals surface area contributed by atoms with Crippen molar-refractivity contribution in [1.82, 2.24) is 4.31 Å². The molecule has 3 rings (SSSR count). The van der Waals surface area contributed by atoms with Gasteiger partial charge >= 0.3 is 0 Å². The van der Waals surface area contributed by atoms with Gasteiger partial charge in [0.15, 0.2) is 0 Å². The van der Waals surface area contributed by atoms with E-state index in [1.54, 1.807) is 30.3 Å². The van der Waals surface area contributed by atoms with E-state index in [-0.39, 0.29) is 10.8 Å². The molecule has 1 aliphatic rings. The van der Waals surface area contributed by atoms with E-state index in [1.165, 1.54) is 15.9 Å². The second kappa shape index (κ2) is 9.82. The zero-order valence-electron chi connectivity index (χ0n) is 16.5. The van der Waals surface area contributed by atoms with E-state index in [4.69, 9.17) is 4.74 Å². The number of carbonyl (C=O) groups is 1. The van der Waals surface area contributed by atoms with E-state index in [2.05, 4.69) is 12.2 Å². The molecule has 0 atom stereocenters. The number of sulfonamides is 1. The molecule has 1 heterocycles. The van der Waals surface area contributed by atoms with Crippen molar-refractivity contribution >= 4 is 27.7 Å². The third-order valence-corrected chi connectivity index (χ3v) is 6.59. The molecule has 29 heavy (non-hydrogen) atoms. The van der Waals surface area contributed by atoms with Crippen molar-refractivity contribution in [2.75, 3.05) is 31.6 Å². The minimum atomic E-state index is -3.51. The van der Waals surface area contributed by atoms with Crippen LogP contribution in [0, 0.1) is 0 Å². The SMILES string of the molecule is CCCc1ccc(NC(=O)C=Cc2ccc(S(=O)(=O)N3CCOCC3)cc2)cc1. The first-order valence-electron chi connectivity index (χ1n) is 9.75. The van der Waals surface area contributed by atoms with Crippen molar-refractivity contribution in [3.63, 3.8) is 0 Å². The average molecular weight is 415 g/mol. The van der Waals surface area contributed by atoms with Crippen LogP contribution in [0.4, 0.5) is 5.69 Å². The molecule has 0 aromatic heterocycles. The quantitative estimate of drug-likeness (QED) is 0.706. The predicted octanol–water partition coefficient (Wildman–Crippen LogP) is 3.31. The average Bonchev–Trinajstić information content (AvgIpc) is 2.75. The van der Waals surface area contributed by atoms with Gasteiger partial charge in [-0.25, -0.2) is 8.42 Å². The van der Waals surface area contributed by atoms with Gasteiger partial charge in [0.05, 0.1) is 18.1 Å². The van der Waals surface area contributed by atoms with Crippen molar-refractivity contribution in [1.29, 1.82) is 0 Å². The predicted molar refractivity (Wildman–Crippen MR) is 114 cm³/mol. The summed E-state index contributed by atoms with van der Waals surface area (Å²) in [5.41, 5.74) is 2.74. The fraction of sp³-hybridized carbons (Fsp3) is 0.318. The van der Waals surface area contributed by atoms with Gasteiger partial charge in [0.1, 0.15) is 0 Å². The number of nitrogens with one attached hydrogen (secondary N) is 1. The lowest BCUT2D eigenvalue weighted by Crippen LogP contribution is -2.40. The molecule has 1 amide bonds. The lowest BCUT2D eigenvalue weighted by molar-refractivity contribution is -0.111. The fourth-order valence-corrected chi connectivity index (χ4v) is 4.49. The summed E-state index contributed by atoms with van der Waals surface area (Å²) in [4.78, 5) is 12.4. The maximum absolute atomic E-state index is 12.6. The molecule has 1 N–H and O–H groups in total. The standard InChI is InChI=1S/C22H26N2O4S/c1-2-3-18-4-9-20(10-5-18)23-22(25)13-8-19-6-11-21(12-7-19)29(26,27)24-14-16-28-17-15-24/h4-13H,2-3,14-17H2,1H3,(H,23,25). The Hall–Kier alpha value is -2.48. The van der Waals surface area contributed by atoms with Gasteiger partial charge in [0.25, 0.3) is 0 Å². The van der Waals surface area contributed by atoms with Gasteiger partial charge in [-0.15, -0.1) is 0 Å². The number of ether oxygens (including phenoxy) is 1. The Morgan fingerprint density at radius 1 is 1.07 bits per heavy atom. The number of morpholine rings is 1. The van der Waals surface area contributed by atoms with Crippen molar-refractivity contribution in [3.8, 4) is 0 Å². The van der Waals surface area contributed by atoms with Crippen LogP contribution in [0.5, 0.6) is 0 Å². The number of nitrogens with zero attached hydrogens (tertiary/aromatic N) is 1. The summed E-state index contributed by atoms with van der Waals surface area (Å²) in [6, 6.07) is 14.3. The Balaban J connectivity index is 1.59. The molecule has 1 fully saturated rings. The largest absolute Gasteiger partial charge is 0.379 e. The number of anilines is 1. The van der Waals surface area contributed by atoms with Crippen LogP contribution in [0.1, 0.15) is 24.5 Å². The molecule has 0 radical (unpaired) electrons. The second-order valence-electron chi connectivity index (χ2n) is 6.86. The Labute approximate surface area is 172 Å². The van der Waals surface area contributed by atoms with Crippen LogP contribution in [0.2, 0.25) is 0 Å². The molecule has 7 heteroatoms. The van der Waals surface area contributed by atoms with Gasteiger partial charge in [-0.3, -0.25) is 4.79 Å². The molecule has 0 unspecified atom stereocenters. The van der Waals surface area contributed by atoms with Crippen LogP contribution in [0.3, 0.4) is 0 Å². The van der Waals surface area contributed by atoms with Crippen LogP contribution >= 0.6 is 0 Å². The third-order valence-electron chi connectivity index (χ3n) is 4.68. The van der Waals surface area contributed by atoms with Crippen LogP contribution in [-0.2, 0) is 26.0 Å². The molecule has 2 aromatic rings. The number of aryl methyl sites for hydroxylation is 1. The molecular formula is C22H26N2O4S. The molecular weight excluding hydrogens is 388 g/mol. The van der Waals surface area contributed by atoms with Gasteiger partial charge in [-0.2, -0.15) is 4.31 Å². The zero-order valence-corrected chi connectivity index (χ0v) is 17.3. The van der Waals surface area contributed by atoms with Gasteiger partial charge in [-0.1, -0.05) is 37.6 Å². The van der Waals surface area contributed by atoms with Gasteiger partial charge in [-0.05, 0) is 47.9 Å². The molecule has 0 bridgehead atoms. The van der Waals surface area contributed by atoms with Crippen molar-refractivity contribution in [3.05, 3.63) is 65.7 Å². The van der Waals surface area contributed by atoms with Crippen molar-refractivity contribution in [2.24, 2.45) is 0 Å². The second-order valence-corrected chi connectivity index (χ2v) is 8.79. The molecule has 1 aliphatic heterocycles. The lowest BCUT2D eigenvalue weighted by Gasteiger charge is -2.26. The molecule has 0 spiro atoms. The van der Waals surface area contributed by atoms with Crippen LogP contribution < -0.4 is 5.32 Å². The number of amides is 1. The molecule has 0 saturated carbocycles. The van der Waals surface area contributed by atoms with Gasteiger partial charge in [0, 0.05) is 24.9 Å². The third kappa shape index (κ3) is 5.76. The van der Waals surface area contributed by atoms with Crippen molar-refractivity contribution in [2.45, 2.75) is 24.7 Å². The first kappa shape index (κ1) is 21.2. The summed E-state index contributed by atoms with van der Waals surface area (Å²) in [7, 11) is -3.51. The van der Waals surface area contributed by atoms with E-state index in [0.717, 1.165) is 24.1 Å². The summed E-state index contributed by atoms with van der Waals surface area (Å²) in [5, 5.41) is 2.82. The number of carbonyl (C=O) groups excluding carboxylic acids is 1. The minimum absolute atomic E-state index is 0.238. The Kier molecular flexibility index (Phi) is 7.19. The monoisotopic (exact) mass is 414 g/mol. The highest BCUT2D eigenvalue weighted by Gasteiger charge is 2.25. The minimum Gasteiger partial charge on any atom is -0.379 e. The maximum atomic E-state index is 12.6. The highest BCUT2D eigenvalue weighted by molar-refractivity contribution is 7.89. The zero-order chi connectivity index (χ0) is 20.7. The van der Waals surface area contributed by atoms with Gasteiger partial charge in [0.2, 0.25) is 15.9 Å². The highest BCUT2D eigenvalue weighted by Crippen LogP contribution is 2.18. The first-order valence-corrected chi connectivity index (χ1v) is 11.2. The lowest BCUT2D eigenvalue weighted by atomic mass is 10.1. The van der Waals surface area contributed by atoms with Crippen LogP contribution in [0.25, 0.3) is 6.08 Å². The van der Waals surface area contributed by atoms with E-state index >= 15 is 0 Å². The van der Waals surface area contributed by atoms with E-state index in [0.29, 0.717) is 26.3 Å². The Bertz CT molecular complexity index is 945.